The molecule has 98 valence electrons. The highest BCUT2D eigenvalue weighted by Crippen LogP contribution is 2.28. The highest BCUT2D eigenvalue weighted by atomic mass is 16.7. The van der Waals surface area contributed by atoms with Gasteiger partial charge in [0.1, 0.15) is 12.7 Å². The molecule has 0 fully saturated rings. The number of esters is 1. The van der Waals surface area contributed by atoms with Crippen molar-refractivity contribution in [1.29, 1.82) is 0 Å². The summed E-state index contributed by atoms with van der Waals surface area (Å²) in [4.78, 5) is 11.0. The molecule has 8 nitrogen and oxygen atoms in total. The number of hydrogen-bond acceptors (Lipinski definition) is 8. The summed E-state index contributed by atoms with van der Waals surface area (Å²) in [6.45, 7) is -0.461. The Balaban J connectivity index is 2.94. The predicted molar refractivity (Wildman–Crippen MR) is 51.4 cm³/mol. The molecule has 0 saturated carbocycles. The molecule has 1 aliphatic heterocycles. The first-order valence-corrected chi connectivity index (χ1v) is 4.77. The van der Waals surface area contributed by atoms with Crippen LogP contribution in [0, 0.1) is 0 Å². The smallest absolute Gasteiger partial charge is 0.378 e. The van der Waals surface area contributed by atoms with Crippen molar-refractivity contribution in [3.63, 3.8) is 0 Å². The number of rotatable bonds is 5. The third-order valence-electron chi connectivity index (χ3n) is 2.08. The van der Waals surface area contributed by atoms with E-state index < -0.39 is 48.7 Å². The standard InChI is InChI=1S/C9H14O8/c1-9(15,3-11)17-7-5(13)8(14)16-6(7)4(12)2-10/h4,6,10-13,15H,2-3H2,1H3/t4-,6+,9?/m0/s1. The average Bonchev–Trinajstić information content (AvgIpc) is 2.56. The van der Waals surface area contributed by atoms with Gasteiger partial charge < -0.3 is 35.0 Å². The van der Waals surface area contributed by atoms with Crippen LogP contribution in [-0.4, -0.2) is 62.7 Å². The summed E-state index contributed by atoms with van der Waals surface area (Å²) in [6.07, 6.45) is -2.93. The Morgan fingerprint density at radius 3 is 2.59 bits per heavy atom. The van der Waals surface area contributed by atoms with Crippen LogP contribution >= 0.6 is 0 Å². The van der Waals surface area contributed by atoms with Crippen molar-refractivity contribution in [2.75, 3.05) is 13.2 Å². The van der Waals surface area contributed by atoms with Gasteiger partial charge in [-0.1, -0.05) is 0 Å². The number of aliphatic hydroxyl groups excluding tert-OH is 4. The van der Waals surface area contributed by atoms with Crippen LogP contribution in [0.3, 0.4) is 0 Å². The van der Waals surface area contributed by atoms with Gasteiger partial charge in [0.15, 0.2) is 11.9 Å². The van der Waals surface area contributed by atoms with E-state index in [-0.39, 0.29) is 0 Å². The van der Waals surface area contributed by atoms with Crippen LogP contribution in [0.25, 0.3) is 0 Å². The van der Waals surface area contributed by atoms with Crippen LogP contribution in [0.5, 0.6) is 0 Å². The quantitative estimate of drug-likeness (QED) is 0.272. The molecule has 0 radical (unpaired) electrons. The normalized spacial score (nSPS) is 25.5. The van der Waals surface area contributed by atoms with E-state index in [9.17, 15) is 20.1 Å². The van der Waals surface area contributed by atoms with Crippen LogP contribution in [0.4, 0.5) is 0 Å². The van der Waals surface area contributed by atoms with Gasteiger partial charge in [-0.2, -0.15) is 0 Å². The van der Waals surface area contributed by atoms with Crippen LogP contribution in [0.15, 0.2) is 11.5 Å². The van der Waals surface area contributed by atoms with Crippen LogP contribution in [0.1, 0.15) is 6.92 Å². The second-order valence-corrected chi connectivity index (χ2v) is 3.72. The van der Waals surface area contributed by atoms with Gasteiger partial charge in [-0.05, 0) is 0 Å². The summed E-state index contributed by atoms with van der Waals surface area (Å²) in [7, 11) is 0. The highest BCUT2D eigenvalue weighted by Gasteiger charge is 2.43. The zero-order chi connectivity index (χ0) is 13.2. The molecule has 0 aromatic rings. The Bertz CT molecular complexity index is 334. The number of carbonyl (C=O) groups is 1. The van der Waals surface area contributed by atoms with Crippen molar-refractivity contribution in [3.8, 4) is 0 Å². The number of carbonyl (C=O) groups excluding carboxylic acids is 1. The second-order valence-electron chi connectivity index (χ2n) is 3.72. The number of aliphatic hydroxyl groups is 5. The Morgan fingerprint density at radius 1 is 1.53 bits per heavy atom. The van der Waals surface area contributed by atoms with Crippen LogP contribution < -0.4 is 0 Å². The number of cyclic esters (lactones) is 1. The largest absolute Gasteiger partial charge is 0.499 e. The third kappa shape index (κ3) is 2.86. The lowest BCUT2D eigenvalue weighted by atomic mass is 10.2. The van der Waals surface area contributed by atoms with Gasteiger partial charge in [0.25, 0.3) is 0 Å². The predicted octanol–water partition coefficient (Wildman–Crippen LogP) is -2.25. The highest BCUT2D eigenvalue weighted by molar-refractivity contribution is 5.89. The fraction of sp³-hybridized carbons (Fsp3) is 0.667. The Kier molecular flexibility index (Phi) is 3.94. The molecule has 0 aromatic carbocycles. The van der Waals surface area contributed by atoms with E-state index in [1.165, 1.54) is 0 Å². The van der Waals surface area contributed by atoms with E-state index in [0.717, 1.165) is 6.92 Å². The fourth-order valence-corrected chi connectivity index (χ4v) is 1.18. The minimum Gasteiger partial charge on any atom is -0.499 e. The van der Waals surface area contributed by atoms with E-state index in [4.69, 9.17) is 14.9 Å². The molecular formula is C9H14O8. The van der Waals surface area contributed by atoms with Crippen molar-refractivity contribution in [2.45, 2.75) is 24.9 Å². The molecule has 3 atom stereocenters. The van der Waals surface area contributed by atoms with Gasteiger partial charge in [-0.25, -0.2) is 4.79 Å². The molecule has 0 aliphatic carbocycles. The summed E-state index contributed by atoms with van der Waals surface area (Å²) < 4.78 is 9.32. The molecule has 1 unspecified atom stereocenters. The van der Waals surface area contributed by atoms with E-state index in [0.29, 0.717) is 0 Å². The molecule has 0 bridgehead atoms. The first kappa shape index (κ1) is 13.7. The van der Waals surface area contributed by atoms with Crippen molar-refractivity contribution >= 4 is 5.97 Å². The van der Waals surface area contributed by atoms with E-state index >= 15 is 0 Å². The summed E-state index contributed by atoms with van der Waals surface area (Å²) in [6, 6.07) is 0. The summed E-state index contributed by atoms with van der Waals surface area (Å²) in [5.41, 5.74) is 0. The molecule has 1 aliphatic rings. The van der Waals surface area contributed by atoms with Gasteiger partial charge in [0, 0.05) is 6.92 Å². The second kappa shape index (κ2) is 4.88. The molecule has 0 spiro atoms. The zero-order valence-corrected chi connectivity index (χ0v) is 9.03. The SMILES string of the molecule is CC(O)(CO)OC1=C(O)C(=O)O[C@@H]1[C@@H](O)CO. The van der Waals surface area contributed by atoms with Crippen molar-refractivity contribution in [1.82, 2.24) is 0 Å². The van der Waals surface area contributed by atoms with Crippen molar-refractivity contribution in [3.05, 3.63) is 11.5 Å². The zero-order valence-electron chi connectivity index (χ0n) is 9.03. The van der Waals surface area contributed by atoms with Crippen molar-refractivity contribution in [2.24, 2.45) is 0 Å². The lowest BCUT2D eigenvalue weighted by molar-refractivity contribution is -0.200. The molecular weight excluding hydrogens is 236 g/mol. The third-order valence-corrected chi connectivity index (χ3v) is 2.08. The maximum atomic E-state index is 11.0. The topological polar surface area (TPSA) is 137 Å². The Morgan fingerprint density at radius 2 is 2.12 bits per heavy atom. The summed E-state index contributed by atoms with van der Waals surface area (Å²) >= 11 is 0. The maximum absolute atomic E-state index is 11.0. The first-order chi connectivity index (χ1) is 7.82. The van der Waals surface area contributed by atoms with Gasteiger partial charge in [-0.15, -0.1) is 0 Å². The Hall–Kier alpha value is -1.35. The molecule has 0 saturated heterocycles. The monoisotopic (exact) mass is 250 g/mol. The molecule has 17 heavy (non-hydrogen) atoms. The van der Waals surface area contributed by atoms with E-state index in [2.05, 4.69) is 4.74 Å². The lowest BCUT2D eigenvalue weighted by Gasteiger charge is -2.26. The van der Waals surface area contributed by atoms with E-state index in [1.54, 1.807) is 0 Å². The molecule has 1 rings (SSSR count). The fourth-order valence-electron chi connectivity index (χ4n) is 1.18. The average molecular weight is 250 g/mol. The number of hydrogen-bond donors (Lipinski definition) is 5. The molecule has 5 N–H and O–H groups in total. The van der Waals surface area contributed by atoms with Gasteiger partial charge in [0.05, 0.1) is 6.61 Å². The number of ether oxygens (including phenoxy) is 2. The maximum Gasteiger partial charge on any atom is 0.378 e. The molecule has 0 amide bonds. The van der Waals surface area contributed by atoms with Crippen LogP contribution in [-0.2, 0) is 14.3 Å². The lowest BCUT2D eigenvalue weighted by Crippen LogP contribution is -2.38. The Labute approximate surface area is 96.3 Å². The van der Waals surface area contributed by atoms with E-state index in [1.807, 2.05) is 0 Å². The molecule has 0 aromatic heterocycles. The van der Waals surface area contributed by atoms with Gasteiger partial charge in [-0.3, -0.25) is 0 Å². The minimum absolute atomic E-state index is 0.532. The van der Waals surface area contributed by atoms with Gasteiger partial charge >= 0.3 is 5.97 Å². The van der Waals surface area contributed by atoms with Crippen molar-refractivity contribution < 1.29 is 39.8 Å². The summed E-state index contributed by atoms with van der Waals surface area (Å²) in [5.74, 6) is -4.65. The summed E-state index contributed by atoms with van der Waals surface area (Å²) in [5, 5.41) is 45.6. The molecule has 1 heterocycles. The van der Waals surface area contributed by atoms with Crippen LogP contribution in [0.2, 0.25) is 0 Å². The van der Waals surface area contributed by atoms with Gasteiger partial charge in [0.2, 0.25) is 11.5 Å². The molecule has 8 heteroatoms. The first-order valence-electron chi connectivity index (χ1n) is 4.77. The minimum atomic E-state index is -2.05.